The molecular weight excluding hydrogens is 372 g/mol. The number of hydrogen-bond acceptors (Lipinski definition) is 6. The number of hydrogen-bond donors (Lipinski definition) is 1. The van der Waals surface area contributed by atoms with E-state index in [0.29, 0.717) is 27.8 Å². The first kappa shape index (κ1) is 20.1. The van der Waals surface area contributed by atoms with E-state index in [2.05, 4.69) is 5.32 Å². The van der Waals surface area contributed by atoms with E-state index >= 15 is 0 Å². The summed E-state index contributed by atoms with van der Waals surface area (Å²) in [5, 5.41) is 11.7. The highest BCUT2D eigenvalue weighted by Gasteiger charge is 2.18. The van der Waals surface area contributed by atoms with Crippen LogP contribution >= 0.6 is 11.6 Å². The van der Waals surface area contributed by atoms with Crippen LogP contribution in [-0.4, -0.2) is 31.7 Å². The molecule has 1 N–H and O–H groups in total. The Morgan fingerprint density at radius 1 is 1.22 bits per heavy atom. The maximum Gasteiger partial charge on any atom is 0.347 e. The van der Waals surface area contributed by atoms with Crippen molar-refractivity contribution < 1.29 is 23.8 Å². The summed E-state index contributed by atoms with van der Waals surface area (Å²) in [5.41, 5.74) is 0.927. The van der Waals surface area contributed by atoms with E-state index in [1.165, 1.54) is 20.1 Å². The number of rotatable bonds is 7. The van der Waals surface area contributed by atoms with Crippen molar-refractivity contribution in [1.29, 1.82) is 5.26 Å². The van der Waals surface area contributed by atoms with Gasteiger partial charge >= 0.3 is 5.97 Å². The number of carbonyl (C=O) groups excluding carboxylic acids is 2. The molecule has 8 heteroatoms. The first-order chi connectivity index (χ1) is 12.9. The third-order valence-electron chi connectivity index (χ3n) is 3.41. The van der Waals surface area contributed by atoms with Gasteiger partial charge in [0, 0.05) is 5.69 Å². The van der Waals surface area contributed by atoms with Crippen molar-refractivity contribution in [3.8, 4) is 17.6 Å². The fourth-order valence-corrected chi connectivity index (χ4v) is 2.31. The van der Waals surface area contributed by atoms with Crippen LogP contribution in [0.4, 0.5) is 5.69 Å². The lowest BCUT2D eigenvalue weighted by Crippen LogP contribution is -2.29. The van der Waals surface area contributed by atoms with E-state index in [-0.39, 0.29) is 0 Å². The van der Waals surface area contributed by atoms with Gasteiger partial charge in [-0.15, -0.1) is 0 Å². The Balaban J connectivity index is 1.82. The van der Waals surface area contributed by atoms with Crippen LogP contribution in [0, 0.1) is 11.3 Å². The van der Waals surface area contributed by atoms with Gasteiger partial charge in [-0.05, 0) is 49.4 Å². The molecule has 0 aliphatic rings. The van der Waals surface area contributed by atoms with Gasteiger partial charge in [-0.1, -0.05) is 11.6 Å². The van der Waals surface area contributed by atoms with Gasteiger partial charge in [-0.2, -0.15) is 5.26 Å². The average Bonchev–Trinajstić information content (AvgIpc) is 2.66. The molecule has 140 valence electrons. The largest absolute Gasteiger partial charge is 0.495 e. The van der Waals surface area contributed by atoms with Crippen molar-refractivity contribution in [3.63, 3.8) is 0 Å². The molecule has 0 unspecified atom stereocenters. The molecule has 7 nitrogen and oxygen atoms in total. The summed E-state index contributed by atoms with van der Waals surface area (Å²) in [4.78, 5) is 23.8. The lowest BCUT2D eigenvalue weighted by Gasteiger charge is -2.14. The number of halogens is 1. The number of carbonyl (C=O) groups is 2. The highest BCUT2D eigenvalue weighted by molar-refractivity contribution is 6.32. The number of amides is 1. The molecule has 0 aliphatic heterocycles. The SMILES string of the molecule is COc1ccc(NC(=O)COC(=O)[C@H](C)Oc2ccc(C#N)cc2)cc1Cl. The molecule has 0 fully saturated rings. The quantitative estimate of drug-likeness (QED) is 0.731. The van der Waals surface area contributed by atoms with Crippen molar-refractivity contribution in [1.82, 2.24) is 0 Å². The van der Waals surface area contributed by atoms with Crippen molar-refractivity contribution in [2.24, 2.45) is 0 Å². The molecule has 2 aromatic carbocycles. The van der Waals surface area contributed by atoms with E-state index in [4.69, 9.17) is 31.1 Å². The molecule has 2 rings (SSSR count). The predicted molar refractivity (Wildman–Crippen MR) is 98.8 cm³/mol. The number of ether oxygens (including phenoxy) is 3. The van der Waals surface area contributed by atoms with Gasteiger partial charge in [0.25, 0.3) is 5.91 Å². The molecular formula is C19H17ClN2O5. The van der Waals surface area contributed by atoms with E-state index in [9.17, 15) is 9.59 Å². The molecule has 0 spiro atoms. The number of nitriles is 1. The van der Waals surface area contributed by atoms with Crippen LogP contribution in [0.3, 0.4) is 0 Å². The Bertz CT molecular complexity index is 861. The molecule has 2 aromatic rings. The van der Waals surface area contributed by atoms with E-state index < -0.39 is 24.6 Å². The van der Waals surface area contributed by atoms with Crippen LogP contribution in [-0.2, 0) is 14.3 Å². The highest BCUT2D eigenvalue weighted by atomic mass is 35.5. The van der Waals surface area contributed by atoms with Crippen LogP contribution in [0.1, 0.15) is 12.5 Å². The molecule has 0 saturated carbocycles. The van der Waals surface area contributed by atoms with Crippen molar-refractivity contribution >= 4 is 29.2 Å². The molecule has 0 aliphatic carbocycles. The minimum atomic E-state index is -0.916. The van der Waals surface area contributed by atoms with E-state index in [0.717, 1.165) is 0 Å². The van der Waals surface area contributed by atoms with Gasteiger partial charge in [-0.3, -0.25) is 4.79 Å². The van der Waals surface area contributed by atoms with Crippen molar-refractivity contribution in [2.75, 3.05) is 19.0 Å². The molecule has 1 amide bonds. The third kappa shape index (κ3) is 5.90. The predicted octanol–water partition coefficient (Wildman–Crippen LogP) is 3.17. The summed E-state index contributed by atoms with van der Waals surface area (Å²) < 4.78 is 15.4. The molecule has 27 heavy (non-hydrogen) atoms. The second-order valence-electron chi connectivity index (χ2n) is 5.40. The van der Waals surface area contributed by atoms with E-state index in [1.54, 1.807) is 36.4 Å². The summed E-state index contributed by atoms with van der Waals surface area (Å²) in [6.07, 6.45) is -0.916. The smallest absolute Gasteiger partial charge is 0.347 e. The molecule has 0 aromatic heterocycles. The number of nitrogens with zero attached hydrogens (tertiary/aromatic N) is 1. The van der Waals surface area contributed by atoms with E-state index in [1.807, 2.05) is 6.07 Å². The molecule has 0 heterocycles. The summed E-state index contributed by atoms with van der Waals surface area (Å²) in [6.45, 7) is 1.03. The molecule has 0 saturated heterocycles. The van der Waals surface area contributed by atoms with Crippen molar-refractivity contribution in [3.05, 3.63) is 53.1 Å². The maximum atomic E-state index is 11.9. The van der Waals surface area contributed by atoms with Gasteiger partial charge in [0.05, 0.1) is 23.8 Å². The first-order valence-corrected chi connectivity index (χ1v) is 8.27. The number of nitrogens with one attached hydrogen (secondary N) is 1. The van der Waals surface area contributed by atoms with Crippen LogP contribution in [0.25, 0.3) is 0 Å². The monoisotopic (exact) mass is 388 g/mol. The Kier molecular flexibility index (Phi) is 7.03. The Morgan fingerprint density at radius 3 is 2.52 bits per heavy atom. The van der Waals surface area contributed by atoms with Crippen LogP contribution in [0.2, 0.25) is 5.02 Å². The number of methoxy groups -OCH3 is 1. The Hall–Kier alpha value is -3.24. The lowest BCUT2D eigenvalue weighted by atomic mass is 10.2. The average molecular weight is 389 g/mol. The fourth-order valence-electron chi connectivity index (χ4n) is 2.06. The molecule has 0 bridgehead atoms. The second-order valence-corrected chi connectivity index (χ2v) is 5.81. The number of esters is 1. The summed E-state index contributed by atoms with van der Waals surface area (Å²) in [5.74, 6) is -0.317. The summed E-state index contributed by atoms with van der Waals surface area (Å²) in [7, 11) is 1.49. The van der Waals surface area contributed by atoms with Crippen LogP contribution < -0.4 is 14.8 Å². The minimum Gasteiger partial charge on any atom is -0.495 e. The standard InChI is InChI=1S/C19H17ClN2O5/c1-12(27-15-6-3-13(10-21)4-7-15)19(24)26-11-18(23)22-14-5-8-17(25-2)16(20)9-14/h3-9,12H,11H2,1-2H3,(H,22,23)/t12-/m0/s1. The second kappa shape index (κ2) is 9.46. The van der Waals surface area contributed by atoms with Gasteiger partial charge in [0.1, 0.15) is 11.5 Å². The lowest BCUT2D eigenvalue weighted by molar-refractivity contribution is -0.153. The first-order valence-electron chi connectivity index (χ1n) is 7.89. The third-order valence-corrected chi connectivity index (χ3v) is 3.70. The van der Waals surface area contributed by atoms with Crippen LogP contribution in [0.5, 0.6) is 11.5 Å². The van der Waals surface area contributed by atoms with Gasteiger partial charge < -0.3 is 19.5 Å². The zero-order valence-electron chi connectivity index (χ0n) is 14.7. The number of benzene rings is 2. The van der Waals surface area contributed by atoms with Gasteiger partial charge in [-0.25, -0.2) is 4.79 Å². The molecule has 0 radical (unpaired) electrons. The highest BCUT2D eigenvalue weighted by Crippen LogP contribution is 2.27. The fraction of sp³-hybridized carbons (Fsp3) is 0.211. The topological polar surface area (TPSA) is 97.7 Å². The van der Waals surface area contributed by atoms with Gasteiger partial charge in [0.15, 0.2) is 12.7 Å². The van der Waals surface area contributed by atoms with Crippen LogP contribution in [0.15, 0.2) is 42.5 Å². The molecule has 1 atom stereocenters. The van der Waals surface area contributed by atoms with Gasteiger partial charge in [0.2, 0.25) is 0 Å². The number of anilines is 1. The Labute approximate surface area is 161 Å². The zero-order chi connectivity index (χ0) is 19.8. The summed E-state index contributed by atoms with van der Waals surface area (Å²) >= 11 is 5.98. The normalized spacial score (nSPS) is 11.0. The maximum absolute atomic E-state index is 11.9. The summed E-state index contributed by atoms with van der Waals surface area (Å²) in [6, 6.07) is 13.0. The van der Waals surface area contributed by atoms with Crippen molar-refractivity contribution in [2.45, 2.75) is 13.0 Å². The minimum absolute atomic E-state index is 0.344. The Morgan fingerprint density at radius 2 is 1.93 bits per heavy atom. The zero-order valence-corrected chi connectivity index (χ0v) is 15.4.